The van der Waals surface area contributed by atoms with Crippen LogP contribution in [-0.2, 0) is 0 Å². The summed E-state index contributed by atoms with van der Waals surface area (Å²) in [6.45, 7) is 2.04. The molecule has 11 heavy (non-hydrogen) atoms. The highest BCUT2D eigenvalue weighted by Crippen LogP contribution is 2.18. The monoisotopic (exact) mass is 210 g/mol. The van der Waals surface area contributed by atoms with E-state index in [0.29, 0.717) is 0 Å². The Balaban J connectivity index is 2.86. The number of hydrogen-bond donors (Lipinski definition) is 1. The maximum Gasteiger partial charge on any atom is 0.0908 e. The Morgan fingerprint density at radius 3 is 3.18 bits per heavy atom. The minimum atomic E-state index is 1.01. The maximum atomic E-state index is 4.26. The molecule has 0 saturated heterocycles. The van der Waals surface area contributed by atoms with Crippen molar-refractivity contribution in [3.05, 3.63) is 28.5 Å². The van der Waals surface area contributed by atoms with Gasteiger partial charge in [-0.15, -0.1) is 0 Å². The van der Waals surface area contributed by atoms with Gasteiger partial charge in [-0.25, -0.2) is 0 Å². The number of nitrogens with zero attached hydrogens (tertiary/aromatic N) is 1. The zero-order chi connectivity index (χ0) is 7.84. The summed E-state index contributed by atoms with van der Waals surface area (Å²) in [7, 11) is 0. The fourth-order valence-electron chi connectivity index (χ4n) is 1.12. The number of fused-ring (bicyclic) bond motifs is 1. The molecule has 2 heterocycles. The summed E-state index contributed by atoms with van der Waals surface area (Å²) in [6.07, 6.45) is 3.77. The second kappa shape index (κ2) is 2.34. The highest BCUT2D eigenvalue weighted by Gasteiger charge is 1.99. The fraction of sp³-hybridized carbons (Fsp3) is 0.125. The van der Waals surface area contributed by atoms with Crippen LogP contribution in [0.4, 0.5) is 0 Å². The van der Waals surface area contributed by atoms with Crippen molar-refractivity contribution in [1.82, 2.24) is 9.97 Å². The van der Waals surface area contributed by atoms with Crippen molar-refractivity contribution >= 4 is 27.0 Å². The third-order valence-corrected chi connectivity index (χ3v) is 2.11. The lowest BCUT2D eigenvalue weighted by Gasteiger charge is -1.90. The van der Waals surface area contributed by atoms with Gasteiger partial charge < -0.3 is 4.98 Å². The number of aromatic amines is 1. The van der Waals surface area contributed by atoms with Crippen LogP contribution in [0.15, 0.2) is 22.9 Å². The van der Waals surface area contributed by atoms with Crippen molar-refractivity contribution in [1.29, 1.82) is 0 Å². The number of halogens is 1. The van der Waals surface area contributed by atoms with Crippen LogP contribution in [0.25, 0.3) is 11.0 Å². The van der Waals surface area contributed by atoms with E-state index in [1.54, 1.807) is 0 Å². The van der Waals surface area contributed by atoms with Gasteiger partial charge >= 0.3 is 0 Å². The second-order valence-electron chi connectivity index (χ2n) is 2.52. The Hall–Kier alpha value is -0.830. The van der Waals surface area contributed by atoms with Crippen molar-refractivity contribution in [3.63, 3.8) is 0 Å². The highest BCUT2D eigenvalue weighted by atomic mass is 79.9. The SMILES string of the molecule is Cc1c[nH]c2cc(Br)cnc12. The van der Waals surface area contributed by atoms with Crippen LogP contribution in [0.2, 0.25) is 0 Å². The zero-order valence-electron chi connectivity index (χ0n) is 6.06. The molecule has 2 rings (SSSR count). The number of aromatic nitrogens is 2. The van der Waals surface area contributed by atoms with Crippen molar-refractivity contribution in [3.8, 4) is 0 Å². The van der Waals surface area contributed by atoms with Crippen LogP contribution < -0.4 is 0 Å². The van der Waals surface area contributed by atoms with E-state index in [2.05, 4.69) is 25.9 Å². The lowest BCUT2D eigenvalue weighted by atomic mass is 10.3. The van der Waals surface area contributed by atoms with Gasteiger partial charge in [-0.2, -0.15) is 0 Å². The van der Waals surface area contributed by atoms with Crippen molar-refractivity contribution in [2.24, 2.45) is 0 Å². The average molecular weight is 211 g/mol. The van der Waals surface area contributed by atoms with E-state index in [9.17, 15) is 0 Å². The van der Waals surface area contributed by atoms with Crippen molar-refractivity contribution in [2.45, 2.75) is 6.92 Å². The van der Waals surface area contributed by atoms with Crippen LogP contribution in [0.5, 0.6) is 0 Å². The Bertz CT molecular complexity index is 392. The van der Waals surface area contributed by atoms with Gasteiger partial charge in [0.25, 0.3) is 0 Å². The van der Waals surface area contributed by atoms with E-state index in [-0.39, 0.29) is 0 Å². The Labute approximate surface area is 72.8 Å². The lowest BCUT2D eigenvalue weighted by Crippen LogP contribution is -1.75. The fourth-order valence-corrected chi connectivity index (χ4v) is 1.45. The van der Waals surface area contributed by atoms with E-state index in [1.165, 1.54) is 5.56 Å². The molecule has 3 heteroatoms. The molecule has 0 aliphatic rings. The smallest absolute Gasteiger partial charge is 0.0908 e. The van der Waals surface area contributed by atoms with Gasteiger partial charge in [0, 0.05) is 16.9 Å². The van der Waals surface area contributed by atoms with Crippen molar-refractivity contribution in [2.75, 3.05) is 0 Å². The van der Waals surface area contributed by atoms with Gasteiger partial charge in [-0.3, -0.25) is 4.98 Å². The molecule has 0 radical (unpaired) electrons. The first-order chi connectivity index (χ1) is 5.27. The molecular weight excluding hydrogens is 204 g/mol. The number of nitrogens with one attached hydrogen (secondary N) is 1. The molecule has 2 aromatic heterocycles. The highest BCUT2D eigenvalue weighted by molar-refractivity contribution is 9.10. The Morgan fingerprint density at radius 1 is 1.55 bits per heavy atom. The van der Waals surface area contributed by atoms with Crippen molar-refractivity contribution < 1.29 is 0 Å². The molecule has 2 nitrogen and oxygen atoms in total. The summed E-state index contributed by atoms with van der Waals surface area (Å²) in [4.78, 5) is 7.40. The van der Waals surface area contributed by atoms with E-state index in [1.807, 2.05) is 25.4 Å². The molecule has 1 N–H and O–H groups in total. The van der Waals surface area contributed by atoms with Gasteiger partial charge in [-0.05, 0) is 34.5 Å². The van der Waals surface area contributed by atoms with Crippen LogP contribution in [0.3, 0.4) is 0 Å². The minimum Gasteiger partial charge on any atom is -0.360 e. The zero-order valence-corrected chi connectivity index (χ0v) is 7.64. The summed E-state index contributed by atoms with van der Waals surface area (Å²) >= 11 is 3.36. The quantitative estimate of drug-likeness (QED) is 0.712. The number of H-pyrrole nitrogens is 1. The summed E-state index contributed by atoms with van der Waals surface area (Å²) < 4.78 is 1.01. The largest absolute Gasteiger partial charge is 0.360 e. The maximum absolute atomic E-state index is 4.26. The molecule has 0 aliphatic carbocycles. The number of rotatable bonds is 0. The van der Waals surface area contributed by atoms with Gasteiger partial charge in [0.05, 0.1) is 11.0 Å². The molecule has 0 atom stereocenters. The van der Waals surface area contributed by atoms with Gasteiger partial charge in [-0.1, -0.05) is 0 Å². The van der Waals surface area contributed by atoms with E-state index >= 15 is 0 Å². The summed E-state index contributed by atoms with van der Waals surface area (Å²) in [6, 6.07) is 2.02. The van der Waals surface area contributed by atoms with Crippen LogP contribution in [-0.4, -0.2) is 9.97 Å². The Morgan fingerprint density at radius 2 is 2.36 bits per heavy atom. The topological polar surface area (TPSA) is 28.7 Å². The molecule has 2 aromatic rings. The molecule has 56 valence electrons. The first kappa shape index (κ1) is 6.85. The van der Waals surface area contributed by atoms with E-state index in [4.69, 9.17) is 0 Å². The average Bonchev–Trinajstić information content (AvgIpc) is 2.32. The molecule has 0 bridgehead atoms. The third-order valence-electron chi connectivity index (χ3n) is 1.67. The molecular formula is C8H7BrN2. The normalized spacial score (nSPS) is 10.7. The van der Waals surface area contributed by atoms with Crippen LogP contribution >= 0.6 is 15.9 Å². The minimum absolute atomic E-state index is 1.01. The first-order valence-electron chi connectivity index (χ1n) is 3.36. The number of pyridine rings is 1. The summed E-state index contributed by atoms with van der Waals surface area (Å²) in [5, 5.41) is 0. The molecule has 0 unspecified atom stereocenters. The molecule has 0 spiro atoms. The molecule has 0 aromatic carbocycles. The van der Waals surface area contributed by atoms with E-state index < -0.39 is 0 Å². The standard InChI is InChI=1S/C8H7BrN2/c1-5-3-10-7-2-6(9)4-11-8(5)7/h2-4,10H,1H3. The summed E-state index contributed by atoms with van der Waals surface area (Å²) in [5.74, 6) is 0. The molecule has 0 aliphatic heterocycles. The van der Waals surface area contributed by atoms with Gasteiger partial charge in [0.15, 0.2) is 0 Å². The van der Waals surface area contributed by atoms with Gasteiger partial charge in [0.1, 0.15) is 0 Å². The molecule has 0 fully saturated rings. The first-order valence-corrected chi connectivity index (χ1v) is 4.16. The molecule has 0 saturated carbocycles. The molecule has 0 amide bonds. The summed E-state index contributed by atoms with van der Waals surface area (Å²) in [5.41, 5.74) is 3.32. The third kappa shape index (κ3) is 1.05. The second-order valence-corrected chi connectivity index (χ2v) is 3.44. The Kier molecular flexibility index (Phi) is 1.46. The predicted octanol–water partition coefficient (Wildman–Crippen LogP) is 2.63. The van der Waals surface area contributed by atoms with Gasteiger partial charge in [0.2, 0.25) is 0 Å². The predicted molar refractivity (Wildman–Crippen MR) is 48.5 cm³/mol. The number of hydrogen-bond acceptors (Lipinski definition) is 1. The van der Waals surface area contributed by atoms with E-state index in [0.717, 1.165) is 15.5 Å². The lowest BCUT2D eigenvalue weighted by molar-refractivity contribution is 1.37. The van der Waals surface area contributed by atoms with Crippen LogP contribution in [0, 0.1) is 6.92 Å². The van der Waals surface area contributed by atoms with Crippen LogP contribution in [0.1, 0.15) is 5.56 Å². The number of aryl methyl sites for hydroxylation is 1.